The second-order valence-electron chi connectivity index (χ2n) is 4.94. The maximum Gasteiger partial charge on any atom is 0.213 e. The lowest BCUT2D eigenvalue weighted by Gasteiger charge is -2.14. The van der Waals surface area contributed by atoms with Gasteiger partial charge in [-0.25, -0.2) is 4.98 Å². The average molecular weight is 286 g/mol. The van der Waals surface area contributed by atoms with Gasteiger partial charge in [0, 0.05) is 12.1 Å². The van der Waals surface area contributed by atoms with Crippen LogP contribution in [0.5, 0.6) is 11.6 Å². The van der Waals surface area contributed by atoms with Gasteiger partial charge in [-0.05, 0) is 30.5 Å². The van der Waals surface area contributed by atoms with Crippen molar-refractivity contribution in [2.75, 3.05) is 7.11 Å². The highest BCUT2D eigenvalue weighted by atomic mass is 16.5. The lowest BCUT2D eigenvalue weighted by atomic mass is 10.0. The predicted molar refractivity (Wildman–Crippen MR) is 83.5 cm³/mol. The molecule has 21 heavy (non-hydrogen) atoms. The van der Waals surface area contributed by atoms with Crippen LogP contribution in [-0.2, 0) is 13.0 Å². The van der Waals surface area contributed by atoms with E-state index in [0.29, 0.717) is 12.5 Å². The second kappa shape index (κ2) is 7.64. The average Bonchev–Trinajstić information content (AvgIpc) is 2.54. The summed E-state index contributed by atoms with van der Waals surface area (Å²) >= 11 is 0. The van der Waals surface area contributed by atoms with E-state index in [0.717, 1.165) is 29.8 Å². The number of nitrogens with zero attached hydrogens (tertiary/aromatic N) is 1. The number of para-hydroxylation sites is 1. The number of aromatic nitrogens is 1. The third kappa shape index (κ3) is 4.46. The minimum absolute atomic E-state index is 0.157. The lowest BCUT2D eigenvalue weighted by molar-refractivity contribution is 0.294. The number of pyridine rings is 1. The van der Waals surface area contributed by atoms with Crippen LogP contribution < -0.4 is 15.2 Å². The highest BCUT2D eigenvalue weighted by Gasteiger charge is 2.08. The summed E-state index contributed by atoms with van der Waals surface area (Å²) in [5.74, 6) is 1.46. The predicted octanol–water partition coefficient (Wildman–Crippen LogP) is 2.95. The van der Waals surface area contributed by atoms with E-state index in [1.54, 1.807) is 7.11 Å². The number of methoxy groups -OCH3 is 1. The third-order valence-corrected chi connectivity index (χ3v) is 3.34. The van der Waals surface area contributed by atoms with E-state index in [-0.39, 0.29) is 6.04 Å². The van der Waals surface area contributed by atoms with Gasteiger partial charge >= 0.3 is 0 Å². The van der Waals surface area contributed by atoms with E-state index in [1.807, 2.05) is 36.4 Å². The first kappa shape index (κ1) is 15.3. The molecule has 0 fully saturated rings. The van der Waals surface area contributed by atoms with Gasteiger partial charge < -0.3 is 15.2 Å². The van der Waals surface area contributed by atoms with Crippen LogP contribution in [0.1, 0.15) is 24.6 Å². The van der Waals surface area contributed by atoms with Gasteiger partial charge in [0.25, 0.3) is 0 Å². The molecule has 0 saturated carbocycles. The van der Waals surface area contributed by atoms with Crippen molar-refractivity contribution >= 4 is 0 Å². The van der Waals surface area contributed by atoms with Crippen LogP contribution in [0.2, 0.25) is 0 Å². The molecule has 0 aliphatic carbocycles. The molecule has 2 rings (SSSR count). The summed E-state index contributed by atoms with van der Waals surface area (Å²) in [7, 11) is 1.61. The minimum atomic E-state index is 0.157. The molecular formula is C17H22N2O2. The zero-order valence-corrected chi connectivity index (χ0v) is 12.6. The smallest absolute Gasteiger partial charge is 0.213 e. The van der Waals surface area contributed by atoms with Crippen molar-refractivity contribution in [1.29, 1.82) is 0 Å². The van der Waals surface area contributed by atoms with Crippen LogP contribution in [0.3, 0.4) is 0 Å². The van der Waals surface area contributed by atoms with E-state index >= 15 is 0 Å². The topological polar surface area (TPSA) is 57.4 Å². The Morgan fingerprint density at radius 3 is 2.71 bits per heavy atom. The van der Waals surface area contributed by atoms with E-state index in [9.17, 15) is 0 Å². The van der Waals surface area contributed by atoms with Crippen LogP contribution in [0.15, 0.2) is 42.5 Å². The van der Waals surface area contributed by atoms with E-state index < -0.39 is 0 Å². The van der Waals surface area contributed by atoms with E-state index in [1.165, 1.54) is 0 Å². The summed E-state index contributed by atoms with van der Waals surface area (Å²) in [6.45, 7) is 2.50. The quantitative estimate of drug-likeness (QED) is 0.850. The van der Waals surface area contributed by atoms with Gasteiger partial charge in [0.15, 0.2) is 0 Å². The van der Waals surface area contributed by atoms with E-state index in [4.69, 9.17) is 15.2 Å². The molecular weight excluding hydrogens is 264 g/mol. The summed E-state index contributed by atoms with van der Waals surface area (Å²) < 4.78 is 11.0. The van der Waals surface area contributed by atoms with Crippen LogP contribution in [-0.4, -0.2) is 18.1 Å². The Labute approximate surface area is 125 Å². The Morgan fingerprint density at radius 1 is 1.14 bits per heavy atom. The zero-order chi connectivity index (χ0) is 15.1. The van der Waals surface area contributed by atoms with Gasteiger partial charge in [0.05, 0.1) is 12.8 Å². The maximum atomic E-state index is 6.03. The van der Waals surface area contributed by atoms with Crippen molar-refractivity contribution < 1.29 is 9.47 Å². The summed E-state index contributed by atoms with van der Waals surface area (Å²) in [5.41, 5.74) is 8.01. The molecule has 0 radical (unpaired) electrons. The standard InChI is InChI=1S/C17H22N2O2/c1-3-14(18)11-13-7-4-5-9-16(13)21-12-15-8-6-10-17(19-15)20-2/h4-10,14H,3,11-12,18H2,1-2H3. The molecule has 1 aromatic carbocycles. The van der Waals surface area contributed by atoms with Gasteiger partial charge in [-0.15, -0.1) is 0 Å². The van der Waals surface area contributed by atoms with Crippen molar-refractivity contribution in [3.63, 3.8) is 0 Å². The fourth-order valence-corrected chi connectivity index (χ4v) is 2.04. The molecule has 0 amide bonds. The molecule has 0 aliphatic heterocycles. The Morgan fingerprint density at radius 2 is 1.95 bits per heavy atom. The maximum absolute atomic E-state index is 6.03. The first-order valence-corrected chi connectivity index (χ1v) is 7.19. The number of benzene rings is 1. The zero-order valence-electron chi connectivity index (χ0n) is 12.6. The molecule has 0 spiro atoms. The second-order valence-corrected chi connectivity index (χ2v) is 4.94. The summed E-state index contributed by atoms with van der Waals surface area (Å²) in [6, 6.07) is 13.8. The molecule has 1 atom stereocenters. The lowest BCUT2D eigenvalue weighted by Crippen LogP contribution is -2.21. The molecule has 112 valence electrons. The summed E-state index contributed by atoms with van der Waals surface area (Å²) in [4.78, 5) is 4.34. The van der Waals surface area contributed by atoms with Gasteiger partial charge in [-0.1, -0.05) is 31.2 Å². The molecule has 0 bridgehead atoms. The van der Waals surface area contributed by atoms with Crippen molar-refractivity contribution in [3.8, 4) is 11.6 Å². The van der Waals surface area contributed by atoms with Crippen molar-refractivity contribution in [2.24, 2.45) is 5.73 Å². The van der Waals surface area contributed by atoms with Crippen LogP contribution in [0.25, 0.3) is 0 Å². The third-order valence-electron chi connectivity index (χ3n) is 3.34. The molecule has 1 heterocycles. The van der Waals surface area contributed by atoms with Crippen molar-refractivity contribution in [3.05, 3.63) is 53.7 Å². The Bertz CT molecular complexity index is 572. The molecule has 4 heteroatoms. The Kier molecular flexibility index (Phi) is 5.58. The normalized spacial score (nSPS) is 12.0. The molecule has 2 N–H and O–H groups in total. The molecule has 1 aromatic heterocycles. The minimum Gasteiger partial charge on any atom is -0.487 e. The highest BCUT2D eigenvalue weighted by molar-refractivity contribution is 5.34. The van der Waals surface area contributed by atoms with E-state index in [2.05, 4.69) is 18.0 Å². The number of nitrogens with two attached hydrogens (primary N) is 1. The van der Waals surface area contributed by atoms with Crippen LogP contribution >= 0.6 is 0 Å². The molecule has 1 unspecified atom stereocenters. The van der Waals surface area contributed by atoms with Gasteiger partial charge in [-0.3, -0.25) is 0 Å². The fourth-order valence-electron chi connectivity index (χ4n) is 2.04. The first-order chi connectivity index (χ1) is 10.2. The van der Waals surface area contributed by atoms with Gasteiger partial charge in [-0.2, -0.15) is 0 Å². The monoisotopic (exact) mass is 286 g/mol. The summed E-state index contributed by atoms with van der Waals surface area (Å²) in [6.07, 6.45) is 1.77. The SMILES string of the molecule is CCC(N)Cc1ccccc1OCc1cccc(OC)n1. The Balaban J connectivity index is 2.05. The van der Waals surface area contributed by atoms with Gasteiger partial charge in [0.2, 0.25) is 5.88 Å². The van der Waals surface area contributed by atoms with Crippen LogP contribution in [0.4, 0.5) is 0 Å². The Hall–Kier alpha value is -2.07. The molecule has 0 aliphatic rings. The van der Waals surface area contributed by atoms with Gasteiger partial charge in [0.1, 0.15) is 12.4 Å². The molecule has 2 aromatic rings. The molecule has 4 nitrogen and oxygen atoms in total. The number of rotatable bonds is 7. The molecule has 0 saturated heterocycles. The first-order valence-electron chi connectivity index (χ1n) is 7.19. The summed E-state index contributed by atoms with van der Waals surface area (Å²) in [5, 5.41) is 0. The number of hydrogen-bond acceptors (Lipinski definition) is 4. The largest absolute Gasteiger partial charge is 0.487 e. The van der Waals surface area contributed by atoms with Crippen molar-refractivity contribution in [2.45, 2.75) is 32.4 Å². The highest BCUT2D eigenvalue weighted by Crippen LogP contribution is 2.21. The number of hydrogen-bond donors (Lipinski definition) is 1. The van der Waals surface area contributed by atoms with Crippen molar-refractivity contribution in [1.82, 2.24) is 4.98 Å². The fraction of sp³-hybridized carbons (Fsp3) is 0.353. The van der Waals surface area contributed by atoms with Crippen LogP contribution in [0, 0.1) is 0 Å². The number of ether oxygens (including phenoxy) is 2.